The lowest BCUT2D eigenvalue weighted by atomic mass is 10.0. The summed E-state index contributed by atoms with van der Waals surface area (Å²) >= 11 is 3.26. The van der Waals surface area contributed by atoms with Crippen LogP contribution in [0.3, 0.4) is 0 Å². The van der Waals surface area contributed by atoms with Gasteiger partial charge in [0.2, 0.25) is 5.91 Å². The van der Waals surface area contributed by atoms with Gasteiger partial charge in [-0.25, -0.2) is 4.98 Å². The second-order valence-corrected chi connectivity index (χ2v) is 8.85. The summed E-state index contributed by atoms with van der Waals surface area (Å²) in [6.45, 7) is 3.90. The zero-order valence-corrected chi connectivity index (χ0v) is 17.5. The van der Waals surface area contributed by atoms with Crippen molar-refractivity contribution in [3.8, 4) is 10.6 Å². The van der Waals surface area contributed by atoms with Crippen molar-refractivity contribution in [1.82, 2.24) is 15.2 Å². The Morgan fingerprint density at radius 2 is 1.89 bits per heavy atom. The van der Waals surface area contributed by atoms with E-state index in [1.807, 2.05) is 10.8 Å². The molecule has 0 unspecified atom stereocenters. The van der Waals surface area contributed by atoms with Gasteiger partial charge in [-0.05, 0) is 48.5 Å². The molecule has 1 saturated heterocycles. The number of thiazole rings is 1. The number of hydrogen-bond acceptors (Lipinski definition) is 5. The highest BCUT2D eigenvalue weighted by Crippen LogP contribution is 2.25. The number of carbonyl (C=O) groups is 1. The third-order valence-corrected chi connectivity index (χ3v) is 6.72. The van der Waals surface area contributed by atoms with Crippen LogP contribution < -0.4 is 5.32 Å². The smallest absolute Gasteiger partial charge is 0.226 e. The maximum Gasteiger partial charge on any atom is 0.226 e. The Morgan fingerprint density at radius 3 is 2.68 bits per heavy atom. The first kappa shape index (κ1) is 19.3. The highest BCUT2D eigenvalue weighted by atomic mass is 32.1. The fourth-order valence-corrected chi connectivity index (χ4v) is 5.10. The van der Waals surface area contributed by atoms with E-state index in [2.05, 4.69) is 50.9 Å². The first-order valence-corrected chi connectivity index (χ1v) is 11.6. The Labute approximate surface area is 174 Å². The molecule has 1 aliphatic rings. The van der Waals surface area contributed by atoms with Gasteiger partial charge in [0.15, 0.2) is 0 Å². The molecule has 0 saturated carbocycles. The highest BCUT2D eigenvalue weighted by Gasteiger charge is 2.13. The molecule has 4 nitrogen and oxygen atoms in total. The van der Waals surface area contributed by atoms with Crippen molar-refractivity contribution in [1.29, 1.82) is 0 Å². The Bertz CT molecular complexity index is 898. The molecule has 0 bridgehead atoms. The lowest BCUT2D eigenvalue weighted by molar-refractivity contribution is -0.120. The molecule has 1 amide bonds. The van der Waals surface area contributed by atoms with Crippen LogP contribution in [0.1, 0.15) is 36.1 Å². The molecule has 3 heterocycles. The van der Waals surface area contributed by atoms with Crippen molar-refractivity contribution >= 4 is 28.6 Å². The van der Waals surface area contributed by atoms with E-state index in [0.717, 1.165) is 22.8 Å². The zero-order chi connectivity index (χ0) is 19.2. The molecule has 1 aliphatic heterocycles. The Balaban J connectivity index is 1.32. The van der Waals surface area contributed by atoms with E-state index in [1.54, 1.807) is 22.7 Å². The fourth-order valence-electron chi connectivity index (χ4n) is 3.57. The van der Waals surface area contributed by atoms with Gasteiger partial charge < -0.3 is 5.32 Å². The third-order valence-electron chi connectivity index (χ3n) is 5.10. The van der Waals surface area contributed by atoms with Crippen molar-refractivity contribution in [2.45, 2.75) is 38.8 Å². The summed E-state index contributed by atoms with van der Waals surface area (Å²) < 4.78 is 0. The minimum Gasteiger partial charge on any atom is -0.352 e. The van der Waals surface area contributed by atoms with Gasteiger partial charge >= 0.3 is 0 Å². The summed E-state index contributed by atoms with van der Waals surface area (Å²) in [5.74, 6) is 0.0231. The monoisotopic (exact) mass is 411 g/mol. The Morgan fingerprint density at radius 1 is 1.07 bits per heavy atom. The number of nitrogens with one attached hydrogen (secondary N) is 1. The quantitative estimate of drug-likeness (QED) is 0.612. The van der Waals surface area contributed by atoms with E-state index in [1.165, 1.54) is 43.5 Å². The maximum atomic E-state index is 12.4. The van der Waals surface area contributed by atoms with Gasteiger partial charge in [-0.15, -0.1) is 11.3 Å². The minimum absolute atomic E-state index is 0.0231. The van der Waals surface area contributed by atoms with Gasteiger partial charge in [-0.2, -0.15) is 11.3 Å². The lowest BCUT2D eigenvalue weighted by Crippen LogP contribution is -2.30. The SMILES string of the molecule is O=C(Cc1csc(-c2ccsc2)n1)NCc1ccccc1CN1CCCCC1. The van der Waals surface area contributed by atoms with E-state index < -0.39 is 0 Å². The molecule has 3 aromatic rings. The van der Waals surface area contributed by atoms with Crippen LogP contribution in [0, 0.1) is 0 Å². The van der Waals surface area contributed by atoms with E-state index in [9.17, 15) is 4.79 Å². The molecule has 0 radical (unpaired) electrons. The molecule has 4 rings (SSSR count). The summed E-state index contributed by atoms with van der Waals surface area (Å²) in [7, 11) is 0. The van der Waals surface area contributed by atoms with Gasteiger partial charge in [0.1, 0.15) is 5.01 Å². The van der Waals surface area contributed by atoms with Gasteiger partial charge in [0, 0.05) is 29.4 Å². The summed E-state index contributed by atoms with van der Waals surface area (Å²) in [6.07, 6.45) is 4.26. The number of aromatic nitrogens is 1. The van der Waals surface area contributed by atoms with E-state index in [4.69, 9.17) is 0 Å². The van der Waals surface area contributed by atoms with Gasteiger partial charge in [0.25, 0.3) is 0 Å². The summed E-state index contributed by atoms with van der Waals surface area (Å²) in [5.41, 5.74) is 4.50. The Hall–Kier alpha value is -2.02. The number of piperidine rings is 1. The lowest BCUT2D eigenvalue weighted by Gasteiger charge is -2.27. The minimum atomic E-state index is 0.0231. The summed E-state index contributed by atoms with van der Waals surface area (Å²) in [4.78, 5) is 19.5. The summed E-state index contributed by atoms with van der Waals surface area (Å²) in [6, 6.07) is 10.5. The number of likely N-dealkylation sites (tertiary alicyclic amines) is 1. The average Bonchev–Trinajstić information content (AvgIpc) is 3.40. The molecular formula is C22H25N3OS2. The van der Waals surface area contributed by atoms with Crippen LogP contribution in [0.15, 0.2) is 46.5 Å². The number of benzene rings is 1. The zero-order valence-electron chi connectivity index (χ0n) is 15.9. The molecule has 6 heteroatoms. The molecule has 1 N–H and O–H groups in total. The van der Waals surface area contributed by atoms with Crippen LogP contribution in [0.25, 0.3) is 10.6 Å². The molecule has 1 fully saturated rings. The van der Waals surface area contributed by atoms with Crippen molar-refractivity contribution in [3.05, 3.63) is 63.3 Å². The molecule has 0 aliphatic carbocycles. The van der Waals surface area contributed by atoms with Crippen LogP contribution in [-0.4, -0.2) is 28.9 Å². The largest absolute Gasteiger partial charge is 0.352 e. The van der Waals surface area contributed by atoms with Crippen LogP contribution in [-0.2, 0) is 24.3 Å². The van der Waals surface area contributed by atoms with Gasteiger partial charge in [-0.1, -0.05) is 30.7 Å². The van der Waals surface area contributed by atoms with E-state index in [-0.39, 0.29) is 5.91 Å². The molecule has 2 aromatic heterocycles. The van der Waals surface area contributed by atoms with Crippen LogP contribution >= 0.6 is 22.7 Å². The van der Waals surface area contributed by atoms with Gasteiger partial charge in [0.05, 0.1) is 12.1 Å². The van der Waals surface area contributed by atoms with Crippen molar-refractivity contribution in [2.75, 3.05) is 13.1 Å². The third kappa shape index (κ3) is 5.07. The van der Waals surface area contributed by atoms with Crippen molar-refractivity contribution in [2.24, 2.45) is 0 Å². The predicted octanol–water partition coefficient (Wildman–Crippen LogP) is 4.72. The van der Waals surface area contributed by atoms with E-state index >= 15 is 0 Å². The Kier molecular flexibility index (Phi) is 6.52. The predicted molar refractivity (Wildman–Crippen MR) is 117 cm³/mol. The van der Waals surface area contributed by atoms with Crippen LogP contribution in [0.2, 0.25) is 0 Å². The van der Waals surface area contributed by atoms with Crippen LogP contribution in [0.5, 0.6) is 0 Å². The number of nitrogens with zero attached hydrogens (tertiary/aromatic N) is 2. The molecule has 0 atom stereocenters. The second-order valence-electron chi connectivity index (χ2n) is 7.22. The fraction of sp³-hybridized carbons (Fsp3) is 0.364. The number of carbonyl (C=O) groups excluding carboxylic acids is 1. The number of rotatable bonds is 7. The van der Waals surface area contributed by atoms with E-state index in [0.29, 0.717) is 13.0 Å². The summed E-state index contributed by atoms with van der Waals surface area (Å²) in [5, 5.41) is 10.2. The first-order chi connectivity index (χ1) is 13.8. The maximum absolute atomic E-state index is 12.4. The number of hydrogen-bond donors (Lipinski definition) is 1. The molecular weight excluding hydrogens is 386 g/mol. The average molecular weight is 412 g/mol. The van der Waals surface area contributed by atoms with Crippen molar-refractivity contribution in [3.63, 3.8) is 0 Å². The highest BCUT2D eigenvalue weighted by molar-refractivity contribution is 7.14. The number of amides is 1. The van der Waals surface area contributed by atoms with Gasteiger partial charge in [-0.3, -0.25) is 9.69 Å². The second kappa shape index (κ2) is 9.45. The molecule has 146 valence electrons. The molecule has 1 aromatic carbocycles. The topological polar surface area (TPSA) is 45.2 Å². The number of thiophene rings is 1. The first-order valence-electron chi connectivity index (χ1n) is 9.81. The normalized spacial score (nSPS) is 14.9. The van der Waals surface area contributed by atoms with Crippen molar-refractivity contribution < 1.29 is 4.79 Å². The standard InChI is InChI=1S/C22H25N3OS2/c26-21(12-20-16-28-22(24-20)19-8-11-27-15-19)23-13-17-6-2-3-7-18(17)14-25-9-4-1-5-10-25/h2-3,6-8,11,15-16H,1,4-5,9-10,12-14H2,(H,23,26). The molecule has 28 heavy (non-hydrogen) atoms. The molecule has 0 spiro atoms. The van der Waals surface area contributed by atoms with Crippen LogP contribution in [0.4, 0.5) is 0 Å².